The van der Waals surface area contributed by atoms with E-state index in [1.54, 1.807) is 42.7 Å². The van der Waals surface area contributed by atoms with E-state index in [0.717, 1.165) is 67.9 Å². The summed E-state index contributed by atoms with van der Waals surface area (Å²) in [6.07, 6.45) is 0. The molecule has 0 unspecified atom stereocenters. The van der Waals surface area contributed by atoms with Crippen molar-refractivity contribution in [3.05, 3.63) is 69.8 Å². The molecule has 3 aliphatic rings. The van der Waals surface area contributed by atoms with Crippen LogP contribution < -0.4 is 28.4 Å². The largest absolute Gasteiger partial charge is 0.496 e. The fourth-order valence-electron chi connectivity index (χ4n) is 5.51. The molecule has 0 amide bonds. The molecule has 0 saturated heterocycles. The maximum atomic E-state index is 5.86. The van der Waals surface area contributed by atoms with Gasteiger partial charge in [-0.1, -0.05) is 0 Å². The predicted octanol–water partition coefficient (Wildman–Crippen LogP) is 4.73. The Hall–Kier alpha value is -3.54. The van der Waals surface area contributed by atoms with Crippen molar-refractivity contribution in [3.63, 3.8) is 0 Å². The quantitative estimate of drug-likeness (QED) is 0.385. The van der Waals surface area contributed by atoms with Gasteiger partial charge in [-0.3, -0.25) is 0 Å². The van der Waals surface area contributed by atoms with Crippen molar-refractivity contribution in [2.24, 2.45) is 0 Å². The van der Waals surface area contributed by atoms with Crippen molar-refractivity contribution >= 4 is 0 Å². The first-order valence-corrected chi connectivity index (χ1v) is 10.4. The fraction of sp³-hybridized carbons (Fsp3) is 0.308. The second kappa shape index (κ2) is 7.55. The first kappa shape index (κ1) is 20.4. The highest BCUT2D eigenvalue weighted by Gasteiger charge is 2.50. The Kier molecular flexibility index (Phi) is 4.81. The molecule has 0 aromatic heterocycles. The summed E-state index contributed by atoms with van der Waals surface area (Å²) in [6.45, 7) is 0. The predicted molar refractivity (Wildman–Crippen MR) is 121 cm³/mol. The van der Waals surface area contributed by atoms with Crippen LogP contribution in [0.15, 0.2) is 36.4 Å². The third-order valence-corrected chi connectivity index (χ3v) is 6.67. The van der Waals surface area contributed by atoms with Crippen LogP contribution in [0, 0.1) is 0 Å². The zero-order chi connectivity index (χ0) is 22.6. The van der Waals surface area contributed by atoms with E-state index in [4.69, 9.17) is 28.4 Å². The molecule has 2 bridgehead atoms. The number of rotatable bonds is 6. The molecule has 3 aromatic rings. The summed E-state index contributed by atoms with van der Waals surface area (Å²) in [5.74, 6) is 4.34. The van der Waals surface area contributed by atoms with Gasteiger partial charge >= 0.3 is 0 Å². The van der Waals surface area contributed by atoms with Crippen molar-refractivity contribution in [1.29, 1.82) is 0 Å². The summed E-state index contributed by atoms with van der Waals surface area (Å²) in [5, 5.41) is 0. The minimum atomic E-state index is -0.208. The third kappa shape index (κ3) is 2.46. The van der Waals surface area contributed by atoms with Gasteiger partial charge in [-0.2, -0.15) is 0 Å². The highest BCUT2D eigenvalue weighted by atomic mass is 16.5. The molecule has 0 aliphatic heterocycles. The van der Waals surface area contributed by atoms with Gasteiger partial charge in [0.15, 0.2) is 0 Å². The summed E-state index contributed by atoms with van der Waals surface area (Å²) in [4.78, 5) is 0. The Morgan fingerprint density at radius 3 is 0.625 bits per heavy atom. The van der Waals surface area contributed by atoms with Crippen LogP contribution >= 0.6 is 0 Å². The van der Waals surface area contributed by atoms with Crippen molar-refractivity contribution in [3.8, 4) is 34.5 Å². The fourth-order valence-corrected chi connectivity index (χ4v) is 5.51. The van der Waals surface area contributed by atoms with E-state index in [0.29, 0.717) is 0 Å². The maximum Gasteiger partial charge on any atom is 0.123 e. The summed E-state index contributed by atoms with van der Waals surface area (Å²) in [5.41, 5.74) is 6.31. The monoisotopic (exact) mass is 434 g/mol. The van der Waals surface area contributed by atoms with E-state index in [1.807, 2.05) is 36.4 Å². The molecule has 6 nitrogen and oxygen atoms in total. The van der Waals surface area contributed by atoms with Crippen LogP contribution in [0.25, 0.3) is 0 Å². The van der Waals surface area contributed by atoms with Crippen LogP contribution in [0.4, 0.5) is 0 Å². The first-order valence-electron chi connectivity index (χ1n) is 10.4. The summed E-state index contributed by atoms with van der Waals surface area (Å²) < 4.78 is 35.1. The van der Waals surface area contributed by atoms with Crippen molar-refractivity contribution in [2.75, 3.05) is 42.7 Å². The Labute approximate surface area is 187 Å². The maximum absolute atomic E-state index is 5.86. The lowest BCUT2D eigenvalue weighted by molar-refractivity contribution is 0.364. The first-order chi connectivity index (χ1) is 15.6. The van der Waals surface area contributed by atoms with Gasteiger partial charge < -0.3 is 28.4 Å². The molecule has 0 fully saturated rings. The van der Waals surface area contributed by atoms with Gasteiger partial charge in [-0.15, -0.1) is 0 Å². The molecule has 0 spiro atoms. The van der Waals surface area contributed by atoms with Crippen LogP contribution in [-0.2, 0) is 0 Å². The smallest absolute Gasteiger partial charge is 0.123 e. The summed E-state index contributed by atoms with van der Waals surface area (Å²) in [7, 11) is 10.2. The lowest BCUT2D eigenvalue weighted by atomic mass is 9.59. The standard InChI is InChI=1S/C26H26O6/c1-27-13-7-8-14(28-2)20-19(13)25-21-15(29-3)9-11-17(31-5)23(21)26(20)24-18(32-6)12-10-16(30-4)22(24)25/h7-12,25-26H,1-6H3. The Balaban J connectivity index is 2.01. The molecule has 166 valence electrons. The second-order valence-electron chi connectivity index (χ2n) is 7.76. The molecule has 0 N–H and O–H groups in total. The summed E-state index contributed by atoms with van der Waals surface area (Å²) >= 11 is 0. The zero-order valence-electron chi connectivity index (χ0n) is 19.1. The molecule has 0 atom stereocenters. The van der Waals surface area contributed by atoms with E-state index < -0.39 is 0 Å². The van der Waals surface area contributed by atoms with Gasteiger partial charge in [-0.05, 0) is 36.4 Å². The van der Waals surface area contributed by atoms with Crippen LogP contribution in [0.5, 0.6) is 34.5 Å². The molecule has 0 saturated carbocycles. The number of methoxy groups -OCH3 is 6. The topological polar surface area (TPSA) is 55.4 Å². The van der Waals surface area contributed by atoms with Gasteiger partial charge in [0, 0.05) is 45.2 Å². The highest BCUT2D eigenvalue weighted by Crippen LogP contribution is 2.66. The van der Waals surface area contributed by atoms with Crippen LogP contribution in [0.2, 0.25) is 0 Å². The third-order valence-electron chi connectivity index (χ3n) is 6.67. The average molecular weight is 434 g/mol. The van der Waals surface area contributed by atoms with Crippen molar-refractivity contribution in [2.45, 2.75) is 11.8 Å². The highest BCUT2D eigenvalue weighted by molar-refractivity contribution is 5.80. The Bertz CT molecular complexity index is 972. The van der Waals surface area contributed by atoms with E-state index in [-0.39, 0.29) is 11.8 Å². The van der Waals surface area contributed by atoms with E-state index in [9.17, 15) is 0 Å². The lowest BCUT2D eigenvalue weighted by Crippen LogP contribution is -2.30. The Morgan fingerprint density at radius 2 is 0.500 bits per heavy atom. The van der Waals surface area contributed by atoms with Gasteiger partial charge in [-0.25, -0.2) is 0 Å². The van der Waals surface area contributed by atoms with Crippen LogP contribution in [0.1, 0.15) is 45.2 Å². The van der Waals surface area contributed by atoms with Crippen molar-refractivity contribution < 1.29 is 28.4 Å². The molecule has 3 aliphatic carbocycles. The second-order valence-corrected chi connectivity index (χ2v) is 7.76. The van der Waals surface area contributed by atoms with E-state index in [2.05, 4.69) is 0 Å². The van der Waals surface area contributed by atoms with Crippen molar-refractivity contribution in [1.82, 2.24) is 0 Å². The van der Waals surface area contributed by atoms with Gasteiger partial charge in [0.25, 0.3) is 0 Å². The average Bonchev–Trinajstić information content (AvgIpc) is 2.85. The number of ether oxygens (including phenoxy) is 6. The van der Waals surface area contributed by atoms with Gasteiger partial charge in [0.2, 0.25) is 0 Å². The minimum Gasteiger partial charge on any atom is -0.496 e. The minimum absolute atomic E-state index is 0.208. The number of benzene rings is 3. The summed E-state index contributed by atoms with van der Waals surface area (Å²) in [6, 6.07) is 11.7. The SMILES string of the molecule is COc1ccc(OC)c2c1C1c3c(OC)ccc(OC)c3C2c2c(OC)ccc(OC)c21. The van der Waals surface area contributed by atoms with E-state index >= 15 is 0 Å². The number of hydrogen-bond donors (Lipinski definition) is 0. The molecular formula is C26H26O6. The zero-order valence-corrected chi connectivity index (χ0v) is 19.1. The number of hydrogen-bond acceptors (Lipinski definition) is 6. The van der Waals surface area contributed by atoms with Crippen LogP contribution in [-0.4, -0.2) is 42.7 Å². The molecule has 32 heavy (non-hydrogen) atoms. The molecular weight excluding hydrogens is 408 g/mol. The van der Waals surface area contributed by atoms with Gasteiger partial charge in [0.1, 0.15) is 34.5 Å². The lowest BCUT2D eigenvalue weighted by Gasteiger charge is -2.44. The van der Waals surface area contributed by atoms with Crippen LogP contribution in [0.3, 0.4) is 0 Å². The molecule has 6 heteroatoms. The van der Waals surface area contributed by atoms with E-state index in [1.165, 1.54) is 0 Å². The normalized spacial score (nSPS) is 17.1. The molecule has 6 rings (SSSR count). The molecule has 0 radical (unpaired) electrons. The Morgan fingerprint density at radius 1 is 0.344 bits per heavy atom. The molecule has 0 heterocycles. The van der Waals surface area contributed by atoms with Gasteiger partial charge in [0.05, 0.1) is 42.7 Å². The molecule has 3 aromatic carbocycles.